The van der Waals surface area contributed by atoms with E-state index in [0.717, 1.165) is 23.3 Å². The molecule has 2 N–H and O–H groups in total. The molecule has 2 aromatic carbocycles. The summed E-state index contributed by atoms with van der Waals surface area (Å²) in [5.41, 5.74) is 1.92. The molecule has 0 saturated carbocycles. The lowest BCUT2D eigenvalue weighted by atomic mass is 10.1. The SMILES string of the molecule is COc1cccc(CCNC(=O)Cc2cccc(O)c2)c1. The van der Waals surface area contributed by atoms with E-state index in [4.69, 9.17) is 4.74 Å². The molecule has 21 heavy (non-hydrogen) atoms. The fourth-order valence-electron chi connectivity index (χ4n) is 2.09. The van der Waals surface area contributed by atoms with Crippen molar-refractivity contribution in [3.63, 3.8) is 0 Å². The Balaban J connectivity index is 1.79. The van der Waals surface area contributed by atoms with Crippen LogP contribution in [0.4, 0.5) is 0 Å². The van der Waals surface area contributed by atoms with E-state index in [0.29, 0.717) is 6.54 Å². The number of phenols is 1. The van der Waals surface area contributed by atoms with Crippen molar-refractivity contribution in [3.8, 4) is 11.5 Å². The number of methoxy groups -OCH3 is 1. The Hall–Kier alpha value is -2.49. The van der Waals surface area contributed by atoms with Gasteiger partial charge in [-0.2, -0.15) is 0 Å². The Labute approximate surface area is 124 Å². The van der Waals surface area contributed by atoms with E-state index in [9.17, 15) is 9.90 Å². The van der Waals surface area contributed by atoms with E-state index in [-0.39, 0.29) is 18.1 Å². The van der Waals surface area contributed by atoms with Gasteiger partial charge in [0.05, 0.1) is 13.5 Å². The number of rotatable bonds is 6. The third-order valence-corrected chi connectivity index (χ3v) is 3.15. The standard InChI is InChI=1S/C17H19NO3/c1-21-16-7-3-4-13(11-16)8-9-18-17(20)12-14-5-2-6-15(19)10-14/h2-7,10-11,19H,8-9,12H2,1H3,(H,18,20). The predicted molar refractivity (Wildman–Crippen MR) is 81.5 cm³/mol. The summed E-state index contributed by atoms with van der Waals surface area (Å²) in [4.78, 5) is 11.8. The summed E-state index contributed by atoms with van der Waals surface area (Å²) in [6.45, 7) is 0.574. The second kappa shape index (κ2) is 7.33. The molecule has 0 aliphatic carbocycles. The molecule has 2 aromatic rings. The molecule has 0 saturated heterocycles. The van der Waals surface area contributed by atoms with E-state index in [1.807, 2.05) is 30.3 Å². The Morgan fingerprint density at radius 3 is 2.67 bits per heavy atom. The maximum absolute atomic E-state index is 11.8. The van der Waals surface area contributed by atoms with Crippen molar-refractivity contribution in [1.29, 1.82) is 0 Å². The van der Waals surface area contributed by atoms with E-state index in [1.165, 1.54) is 0 Å². The van der Waals surface area contributed by atoms with Crippen molar-refractivity contribution in [1.82, 2.24) is 5.32 Å². The van der Waals surface area contributed by atoms with Crippen LogP contribution in [-0.4, -0.2) is 24.7 Å². The molecule has 0 spiro atoms. The first-order chi connectivity index (χ1) is 10.2. The minimum Gasteiger partial charge on any atom is -0.508 e. The first kappa shape index (κ1) is 14.9. The van der Waals surface area contributed by atoms with Gasteiger partial charge in [-0.3, -0.25) is 4.79 Å². The summed E-state index contributed by atoms with van der Waals surface area (Å²) in [6, 6.07) is 14.5. The van der Waals surface area contributed by atoms with Gasteiger partial charge >= 0.3 is 0 Å². The summed E-state index contributed by atoms with van der Waals surface area (Å²) in [6.07, 6.45) is 1.02. The van der Waals surface area contributed by atoms with Gasteiger partial charge in [0.1, 0.15) is 11.5 Å². The topological polar surface area (TPSA) is 58.6 Å². The number of benzene rings is 2. The summed E-state index contributed by atoms with van der Waals surface area (Å²) >= 11 is 0. The van der Waals surface area contributed by atoms with Crippen LogP contribution in [0.2, 0.25) is 0 Å². The second-order valence-electron chi connectivity index (χ2n) is 4.80. The van der Waals surface area contributed by atoms with Gasteiger partial charge in [-0.1, -0.05) is 24.3 Å². The molecule has 0 radical (unpaired) electrons. The number of nitrogens with one attached hydrogen (secondary N) is 1. The Bertz CT molecular complexity index is 610. The molecule has 0 aliphatic heterocycles. The minimum atomic E-state index is -0.0523. The third-order valence-electron chi connectivity index (χ3n) is 3.15. The molecule has 4 nitrogen and oxygen atoms in total. The zero-order chi connectivity index (χ0) is 15.1. The van der Waals surface area contributed by atoms with Crippen molar-refractivity contribution in [2.75, 3.05) is 13.7 Å². The molecule has 110 valence electrons. The van der Waals surface area contributed by atoms with Gasteiger partial charge in [0.25, 0.3) is 0 Å². The molecule has 1 amide bonds. The monoisotopic (exact) mass is 285 g/mol. The molecule has 4 heteroatoms. The maximum Gasteiger partial charge on any atom is 0.224 e. The van der Waals surface area contributed by atoms with E-state index in [2.05, 4.69) is 5.32 Å². The van der Waals surface area contributed by atoms with Crippen LogP contribution < -0.4 is 10.1 Å². The molecular formula is C17H19NO3. The fourth-order valence-corrected chi connectivity index (χ4v) is 2.09. The van der Waals surface area contributed by atoms with Gasteiger partial charge in [0.15, 0.2) is 0 Å². The number of hydrogen-bond acceptors (Lipinski definition) is 3. The van der Waals surface area contributed by atoms with Crippen molar-refractivity contribution in [3.05, 3.63) is 59.7 Å². The first-order valence-corrected chi connectivity index (χ1v) is 6.85. The van der Waals surface area contributed by atoms with Gasteiger partial charge in [-0.05, 0) is 41.8 Å². The van der Waals surface area contributed by atoms with Crippen LogP contribution in [0.5, 0.6) is 11.5 Å². The number of carbonyl (C=O) groups is 1. The zero-order valence-electron chi connectivity index (χ0n) is 12.0. The van der Waals surface area contributed by atoms with E-state index >= 15 is 0 Å². The number of hydrogen-bond donors (Lipinski definition) is 2. The normalized spacial score (nSPS) is 10.1. The molecular weight excluding hydrogens is 266 g/mol. The van der Waals surface area contributed by atoms with E-state index in [1.54, 1.807) is 25.3 Å². The summed E-state index contributed by atoms with van der Waals surface area (Å²) in [7, 11) is 1.64. The van der Waals surface area contributed by atoms with Crippen molar-refractivity contribution >= 4 is 5.91 Å². The summed E-state index contributed by atoms with van der Waals surface area (Å²) in [5.74, 6) is 0.943. The van der Waals surface area contributed by atoms with Gasteiger partial charge in [-0.25, -0.2) is 0 Å². The predicted octanol–water partition coefficient (Wildman–Crippen LogP) is 2.30. The van der Waals surface area contributed by atoms with Crippen LogP contribution >= 0.6 is 0 Å². The third kappa shape index (κ3) is 4.84. The lowest BCUT2D eigenvalue weighted by molar-refractivity contribution is -0.120. The van der Waals surface area contributed by atoms with Crippen LogP contribution in [0.15, 0.2) is 48.5 Å². The van der Waals surface area contributed by atoms with Gasteiger partial charge in [0.2, 0.25) is 5.91 Å². The Morgan fingerprint density at radius 1 is 1.14 bits per heavy atom. The molecule has 0 fully saturated rings. The maximum atomic E-state index is 11.8. The highest BCUT2D eigenvalue weighted by molar-refractivity contribution is 5.78. The highest BCUT2D eigenvalue weighted by Gasteiger charge is 2.04. The van der Waals surface area contributed by atoms with Gasteiger partial charge in [-0.15, -0.1) is 0 Å². The lowest BCUT2D eigenvalue weighted by Gasteiger charge is -2.07. The first-order valence-electron chi connectivity index (χ1n) is 6.85. The average Bonchev–Trinajstić information content (AvgIpc) is 2.47. The van der Waals surface area contributed by atoms with Crippen LogP contribution in [0.1, 0.15) is 11.1 Å². The summed E-state index contributed by atoms with van der Waals surface area (Å²) in [5, 5.41) is 12.2. The highest BCUT2D eigenvalue weighted by Crippen LogP contribution is 2.13. The number of aromatic hydroxyl groups is 1. The smallest absolute Gasteiger partial charge is 0.224 e. The lowest BCUT2D eigenvalue weighted by Crippen LogP contribution is -2.27. The quantitative estimate of drug-likeness (QED) is 0.856. The Kier molecular flexibility index (Phi) is 5.21. The van der Waals surface area contributed by atoms with Crippen molar-refractivity contribution in [2.24, 2.45) is 0 Å². The van der Waals surface area contributed by atoms with Gasteiger partial charge in [0, 0.05) is 6.54 Å². The number of ether oxygens (including phenoxy) is 1. The highest BCUT2D eigenvalue weighted by atomic mass is 16.5. The van der Waals surface area contributed by atoms with E-state index < -0.39 is 0 Å². The molecule has 2 rings (SSSR count). The molecule has 0 bridgehead atoms. The second-order valence-corrected chi connectivity index (χ2v) is 4.80. The fraction of sp³-hybridized carbons (Fsp3) is 0.235. The van der Waals surface area contributed by atoms with Crippen molar-refractivity contribution in [2.45, 2.75) is 12.8 Å². The average molecular weight is 285 g/mol. The molecule has 0 aliphatic rings. The zero-order valence-corrected chi connectivity index (χ0v) is 12.0. The Morgan fingerprint density at radius 2 is 1.90 bits per heavy atom. The van der Waals surface area contributed by atoms with Crippen LogP contribution in [0, 0.1) is 0 Å². The van der Waals surface area contributed by atoms with Gasteiger partial charge < -0.3 is 15.2 Å². The molecule has 0 unspecified atom stereocenters. The molecule has 0 heterocycles. The van der Waals surface area contributed by atoms with Crippen LogP contribution in [0.3, 0.4) is 0 Å². The minimum absolute atomic E-state index is 0.0523. The number of carbonyl (C=O) groups excluding carboxylic acids is 1. The number of phenolic OH excluding ortho intramolecular Hbond substituents is 1. The van der Waals surface area contributed by atoms with Crippen LogP contribution in [-0.2, 0) is 17.6 Å². The summed E-state index contributed by atoms with van der Waals surface area (Å²) < 4.78 is 5.16. The van der Waals surface area contributed by atoms with Crippen molar-refractivity contribution < 1.29 is 14.6 Å². The van der Waals surface area contributed by atoms with Crippen LogP contribution in [0.25, 0.3) is 0 Å². The molecule has 0 atom stereocenters. The molecule has 0 aromatic heterocycles. The number of amides is 1. The largest absolute Gasteiger partial charge is 0.508 e.